The third-order valence-corrected chi connectivity index (χ3v) is 5.83. The lowest BCUT2D eigenvalue weighted by Gasteiger charge is -2.08. The van der Waals surface area contributed by atoms with Crippen LogP contribution in [-0.4, -0.2) is 32.9 Å². The molecule has 1 heterocycles. The van der Waals surface area contributed by atoms with Gasteiger partial charge in [-0.25, -0.2) is 4.79 Å². The summed E-state index contributed by atoms with van der Waals surface area (Å²) in [5.74, 6) is 1.25. The number of ether oxygens (including phenoxy) is 1. The highest BCUT2D eigenvalue weighted by atomic mass is 32.2. The summed E-state index contributed by atoms with van der Waals surface area (Å²) in [4.78, 5) is 11.6. The summed E-state index contributed by atoms with van der Waals surface area (Å²) in [5.41, 5.74) is 0.538. The summed E-state index contributed by atoms with van der Waals surface area (Å²) in [5, 5.41) is 0. The van der Waals surface area contributed by atoms with Crippen molar-refractivity contribution in [2.45, 2.75) is 4.58 Å². The molecule has 5 heteroatoms. The molecule has 0 spiro atoms. The van der Waals surface area contributed by atoms with Crippen molar-refractivity contribution in [1.29, 1.82) is 0 Å². The maximum absolute atomic E-state index is 11.6. The number of carbonyl (C=O) groups excluding carboxylic acids is 1. The zero-order chi connectivity index (χ0) is 11.4. The molecular weight excluding hydrogens is 244 g/mol. The number of esters is 1. The molecule has 1 aliphatic heterocycles. The van der Waals surface area contributed by atoms with Crippen LogP contribution in [-0.2, 0) is 15.5 Å². The minimum Gasteiger partial charge on any atom is -0.460 e. The molecule has 16 heavy (non-hydrogen) atoms. The first-order valence-electron chi connectivity index (χ1n) is 4.98. The molecular formula is C11H12O3S2. The SMILES string of the molecule is O=C(OC[C@H]1SCC[S@]1=O)c1ccccc1. The summed E-state index contributed by atoms with van der Waals surface area (Å²) < 4.78 is 16.5. The van der Waals surface area contributed by atoms with Gasteiger partial charge in [-0.3, -0.25) is 4.21 Å². The molecule has 0 amide bonds. The highest BCUT2D eigenvalue weighted by molar-refractivity contribution is 8.14. The maximum Gasteiger partial charge on any atom is 0.338 e. The van der Waals surface area contributed by atoms with Gasteiger partial charge in [-0.05, 0) is 12.1 Å². The molecule has 0 unspecified atom stereocenters. The lowest BCUT2D eigenvalue weighted by atomic mass is 10.2. The smallest absolute Gasteiger partial charge is 0.338 e. The highest BCUT2D eigenvalue weighted by Crippen LogP contribution is 2.23. The van der Waals surface area contributed by atoms with Crippen molar-refractivity contribution in [3.8, 4) is 0 Å². The van der Waals surface area contributed by atoms with Crippen LogP contribution in [0.15, 0.2) is 30.3 Å². The minimum atomic E-state index is -0.848. The van der Waals surface area contributed by atoms with Crippen molar-refractivity contribution < 1.29 is 13.7 Å². The van der Waals surface area contributed by atoms with Crippen molar-refractivity contribution in [2.24, 2.45) is 0 Å². The predicted octanol–water partition coefficient (Wildman–Crippen LogP) is 1.66. The van der Waals surface area contributed by atoms with Gasteiger partial charge in [-0.2, -0.15) is 0 Å². The van der Waals surface area contributed by atoms with Gasteiger partial charge in [-0.1, -0.05) is 18.2 Å². The van der Waals surface area contributed by atoms with E-state index in [0.717, 1.165) is 5.75 Å². The normalized spacial score (nSPS) is 24.2. The van der Waals surface area contributed by atoms with Gasteiger partial charge in [0.1, 0.15) is 11.2 Å². The number of benzene rings is 1. The van der Waals surface area contributed by atoms with Crippen LogP contribution in [0.25, 0.3) is 0 Å². The van der Waals surface area contributed by atoms with E-state index in [1.54, 1.807) is 36.0 Å². The van der Waals surface area contributed by atoms with Gasteiger partial charge in [0.05, 0.1) is 5.56 Å². The Morgan fingerprint density at radius 2 is 2.19 bits per heavy atom. The molecule has 0 aromatic heterocycles. The fourth-order valence-corrected chi connectivity index (χ4v) is 4.53. The van der Waals surface area contributed by atoms with Crippen LogP contribution in [0.3, 0.4) is 0 Å². The molecule has 1 aliphatic rings. The fraction of sp³-hybridized carbons (Fsp3) is 0.364. The van der Waals surface area contributed by atoms with Crippen LogP contribution in [0.4, 0.5) is 0 Å². The molecule has 0 radical (unpaired) electrons. The molecule has 0 bridgehead atoms. The van der Waals surface area contributed by atoms with Gasteiger partial charge in [-0.15, -0.1) is 11.8 Å². The number of rotatable bonds is 3. The van der Waals surface area contributed by atoms with Crippen molar-refractivity contribution in [3.63, 3.8) is 0 Å². The summed E-state index contributed by atoms with van der Waals surface area (Å²) >= 11 is 1.61. The monoisotopic (exact) mass is 256 g/mol. The average Bonchev–Trinajstić information content (AvgIpc) is 2.73. The molecule has 0 aliphatic carbocycles. The number of hydrogen-bond donors (Lipinski definition) is 0. The van der Waals surface area contributed by atoms with Gasteiger partial charge in [0, 0.05) is 22.3 Å². The quantitative estimate of drug-likeness (QED) is 0.772. The first-order valence-corrected chi connectivity index (χ1v) is 7.41. The van der Waals surface area contributed by atoms with E-state index in [2.05, 4.69) is 0 Å². The summed E-state index contributed by atoms with van der Waals surface area (Å²) in [6, 6.07) is 8.85. The van der Waals surface area contributed by atoms with E-state index in [4.69, 9.17) is 4.74 Å². The Labute approximate surface area is 101 Å². The highest BCUT2D eigenvalue weighted by Gasteiger charge is 2.25. The Balaban J connectivity index is 1.87. The second kappa shape index (κ2) is 5.50. The lowest BCUT2D eigenvalue weighted by molar-refractivity contribution is 0.0523. The first-order chi connectivity index (χ1) is 7.77. The van der Waals surface area contributed by atoms with E-state index in [-0.39, 0.29) is 17.2 Å². The zero-order valence-electron chi connectivity index (χ0n) is 8.63. The molecule has 1 aromatic rings. The Morgan fingerprint density at radius 3 is 2.81 bits per heavy atom. The second-order valence-corrected chi connectivity index (χ2v) is 6.70. The van der Waals surface area contributed by atoms with E-state index in [9.17, 15) is 9.00 Å². The molecule has 2 atom stereocenters. The number of thioether (sulfide) groups is 1. The van der Waals surface area contributed by atoms with Gasteiger partial charge in [0.15, 0.2) is 0 Å². The van der Waals surface area contributed by atoms with Gasteiger partial charge in [0.2, 0.25) is 0 Å². The third kappa shape index (κ3) is 2.86. The maximum atomic E-state index is 11.6. The Kier molecular flexibility index (Phi) is 4.01. The topological polar surface area (TPSA) is 43.4 Å². The Hall–Kier alpha value is -0.810. The molecule has 2 rings (SSSR count). The van der Waals surface area contributed by atoms with Gasteiger partial charge in [0.25, 0.3) is 0 Å². The molecule has 1 fully saturated rings. The van der Waals surface area contributed by atoms with Crippen LogP contribution < -0.4 is 0 Å². The largest absolute Gasteiger partial charge is 0.460 e. The first kappa shape index (κ1) is 11.7. The van der Waals surface area contributed by atoms with Crippen LogP contribution in [0.1, 0.15) is 10.4 Å². The summed E-state index contributed by atoms with van der Waals surface area (Å²) in [6.07, 6.45) is 0. The number of carbonyl (C=O) groups is 1. The Bertz CT molecular complexity index is 391. The molecule has 3 nitrogen and oxygen atoms in total. The minimum absolute atomic E-state index is 0.0485. The van der Waals surface area contributed by atoms with E-state index < -0.39 is 10.8 Å². The summed E-state index contributed by atoms with van der Waals surface area (Å²) in [7, 11) is -0.848. The summed E-state index contributed by atoms with van der Waals surface area (Å²) in [6.45, 7) is 0.241. The van der Waals surface area contributed by atoms with Crippen molar-refractivity contribution >= 4 is 28.5 Å². The predicted molar refractivity (Wildman–Crippen MR) is 66.0 cm³/mol. The van der Waals surface area contributed by atoms with Crippen molar-refractivity contribution in [2.75, 3.05) is 18.1 Å². The van der Waals surface area contributed by atoms with Crippen molar-refractivity contribution in [1.82, 2.24) is 0 Å². The standard InChI is InChI=1S/C11H12O3S2/c12-11(9-4-2-1-3-5-9)14-8-10-15-6-7-16(10)13/h1-5,10H,6-8H2/t10-,16+/m0/s1. The van der Waals surface area contributed by atoms with Crippen LogP contribution in [0.5, 0.6) is 0 Å². The molecule has 86 valence electrons. The second-order valence-electron chi connectivity index (χ2n) is 3.35. The number of hydrogen-bond acceptors (Lipinski definition) is 4. The molecule has 0 saturated carbocycles. The molecule has 1 aromatic carbocycles. The lowest BCUT2D eigenvalue weighted by Crippen LogP contribution is -2.17. The fourth-order valence-electron chi connectivity index (χ4n) is 1.39. The Morgan fingerprint density at radius 1 is 1.44 bits per heavy atom. The molecule has 1 saturated heterocycles. The van der Waals surface area contributed by atoms with Crippen LogP contribution in [0.2, 0.25) is 0 Å². The van der Waals surface area contributed by atoms with Gasteiger partial charge < -0.3 is 4.74 Å². The average molecular weight is 256 g/mol. The van der Waals surface area contributed by atoms with Crippen molar-refractivity contribution in [3.05, 3.63) is 35.9 Å². The van der Waals surface area contributed by atoms with E-state index in [1.807, 2.05) is 6.07 Å². The molecule has 0 N–H and O–H groups in total. The van der Waals surface area contributed by atoms with E-state index >= 15 is 0 Å². The van der Waals surface area contributed by atoms with Crippen LogP contribution >= 0.6 is 11.8 Å². The zero-order valence-corrected chi connectivity index (χ0v) is 10.3. The van der Waals surface area contributed by atoms with Crippen LogP contribution in [0, 0.1) is 0 Å². The van der Waals surface area contributed by atoms with E-state index in [1.165, 1.54) is 0 Å². The third-order valence-electron chi connectivity index (χ3n) is 2.24. The van der Waals surface area contributed by atoms with Gasteiger partial charge >= 0.3 is 5.97 Å². The van der Waals surface area contributed by atoms with E-state index in [0.29, 0.717) is 11.3 Å².